The Labute approximate surface area is 151 Å². The molecule has 0 unspecified atom stereocenters. The molecule has 1 heterocycles. The van der Waals surface area contributed by atoms with Crippen LogP contribution in [0.3, 0.4) is 0 Å². The van der Waals surface area contributed by atoms with Crippen molar-refractivity contribution in [2.24, 2.45) is 0 Å². The number of unbranched alkanes of at least 4 members (excludes halogenated alkanes) is 1. The molecule has 2 rings (SSSR count). The third-order valence-electron chi connectivity index (χ3n) is 3.21. The average molecular weight is 365 g/mol. The summed E-state index contributed by atoms with van der Waals surface area (Å²) in [4.78, 5) is 11.6. The van der Waals surface area contributed by atoms with Gasteiger partial charge < -0.3 is 10.6 Å². The molecule has 7 heteroatoms. The Hall–Kier alpha value is -1.60. The predicted octanol–water partition coefficient (Wildman–Crippen LogP) is 4.24. The second-order valence-corrected chi connectivity index (χ2v) is 8.01. The van der Waals surface area contributed by atoms with Crippen molar-refractivity contribution < 1.29 is 4.79 Å². The van der Waals surface area contributed by atoms with Gasteiger partial charge in [0, 0.05) is 11.7 Å². The van der Waals surface area contributed by atoms with E-state index in [9.17, 15) is 4.79 Å². The first-order valence-electron chi connectivity index (χ1n) is 8.18. The summed E-state index contributed by atoms with van der Waals surface area (Å²) in [7, 11) is 0. The van der Waals surface area contributed by atoms with Crippen molar-refractivity contribution >= 4 is 39.8 Å². The Morgan fingerprint density at radius 1 is 1.25 bits per heavy atom. The molecule has 0 fully saturated rings. The highest BCUT2D eigenvalue weighted by molar-refractivity contribution is 8.01. The van der Waals surface area contributed by atoms with Crippen LogP contribution in [0.15, 0.2) is 28.6 Å². The Kier molecular flexibility index (Phi) is 7.52. The monoisotopic (exact) mass is 364 g/mol. The van der Waals surface area contributed by atoms with Crippen LogP contribution in [0, 0.1) is 0 Å². The lowest BCUT2D eigenvalue weighted by molar-refractivity contribution is -0.119. The van der Waals surface area contributed by atoms with Gasteiger partial charge in [-0.05, 0) is 44.4 Å². The van der Waals surface area contributed by atoms with Gasteiger partial charge in [0.15, 0.2) is 4.34 Å². The summed E-state index contributed by atoms with van der Waals surface area (Å²) in [5.41, 5.74) is 2.35. The lowest BCUT2D eigenvalue weighted by Crippen LogP contribution is -2.31. The maximum atomic E-state index is 11.6. The number of thioether (sulfide) groups is 1. The van der Waals surface area contributed by atoms with Crippen LogP contribution in [0.25, 0.3) is 0 Å². The zero-order valence-corrected chi connectivity index (χ0v) is 16.0. The molecule has 1 aromatic carbocycles. The van der Waals surface area contributed by atoms with Crippen LogP contribution in [0.4, 0.5) is 10.8 Å². The summed E-state index contributed by atoms with van der Waals surface area (Å²) >= 11 is 2.86. The summed E-state index contributed by atoms with van der Waals surface area (Å²) in [6.07, 6.45) is 3.55. The molecular formula is C17H24N4OS2. The number of benzene rings is 1. The summed E-state index contributed by atoms with van der Waals surface area (Å²) in [6.45, 7) is 6.10. The number of rotatable bonds is 9. The second kappa shape index (κ2) is 9.64. The lowest BCUT2D eigenvalue weighted by Gasteiger charge is -2.06. The number of carbonyl (C=O) groups excluding carboxylic acids is 1. The number of anilines is 2. The van der Waals surface area contributed by atoms with Gasteiger partial charge in [-0.1, -0.05) is 48.6 Å². The first-order valence-corrected chi connectivity index (χ1v) is 9.98. The number of amides is 1. The zero-order valence-electron chi connectivity index (χ0n) is 14.3. The molecule has 1 aromatic heterocycles. The highest BCUT2D eigenvalue weighted by atomic mass is 32.2. The van der Waals surface area contributed by atoms with E-state index in [1.165, 1.54) is 41.5 Å². The molecule has 0 atom stereocenters. The number of aromatic nitrogens is 2. The molecule has 0 bridgehead atoms. The van der Waals surface area contributed by atoms with E-state index in [0.717, 1.165) is 21.6 Å². The van der Waals surface area contributed by atoms with Gasteiger partial charge in [0.1, 0.15) is 0 Å². The number of nitrogens with zero attached hydrogens (tertiary/aromatic N) is 2. The van der Waals surface area contributed by atoms with E-state index in [-0.39, 0.29) is 11.9 Å². The number of hydrogen-bond acceptors (Lipinski definition) is 6. The molecule has 0 spiro atoms. The highest BCUT2D eigenvalue weighted by Crippen LogP contribution is 2.27. The van der Waals surface area contributed by atoms with Gasteiger partial charge in [0.05, 0.1) is 5.75 Å². The summed E-state index contributed by atoms with van der Waals surface area (Å²) in [6, 6.07) is 8.57. The Morgan fingerprint density at radius 3 is 2.67 bits per heavy atom. The molecule has 0 aliphatic rings. The normalized spacial score (nSPS) is 10.8. The quantitative estimate of drug-likeness (QED) is 0.652. The first kappa shape index (κ1) is 18.7. The highest BCUT2D eigenvalue weighted by Gasteiger charge is 2.09. The molecule has 2 aromatic rings. The standard InChI is InChI=1S/C17H24N4OS2/c1-4-5-6-13-7-9-14(10-8-13)19-16-20-21-17(24-16)23-11-15(22)18-12(2)3/h7-10,12H,4-6,11H2,1-3H3,(H,18,22)(H,19,20). The number of nitrogens with one attached hydrogen (secondary N) is 2. The number of hydrogen-bond donors (Lipinski definition) is 2. The smallest absolute Gasteiger partial charge is 0.230 e. The van der Waals surface area contributed by atoms with Gasteiger partial charge in [-0.15, -0.1) is 10.2 Å². The molecule has 0 saturated carbocycles. The fourth-order valence-corrected chi connectivity index (χ4v) is 3.65. The average Bonchev–Trinajstić information content (AvgIpc) is 2.99. The molecule has 5 nitrogen and oxygen atoms in total. The minimum absolute atomic E-state index is 0.0161. The van der Waals surface area contributed by atoms with Crippen molar-refractivity contribution in [2.45, 2.75) is 50.4 Å². The van der Waals surface area contributed by atoms with Gasteiger partial charge in [-0.25, -0.2) is 0 Å². The third-order valence-corrected chi connectivity index (χ3v) is 5.18. The van der Waals surface area contributed by atoms with E-state index >= 15 is 0 Å². The van der Waals surface area contributed by atoms with Crippen LogP contribution in [0.5, 0.6) is 0 Å². The van der Waals surface area contributed by atoms with E-state index in [1.807, 2.05) is 13.8 Å². The van der Waals surface area contributed by atoms with Crippen molar-refractivity contribution in [3.05, 3.63) is 29.8 Å². The van der Waals surface area contributed by atoms with Gasteiger partial charge in [0.2, 0.25) is 11.0 Å². The van der Waals surface area contributed by atoms with Crippen LogP contribution >= 0.6 is 23.1 Å². The molecule has 1 amide bonds. The van der Waals surface area contributed by atoms with Gasteiger partial charge in [-0.2, -0.15) is 0 Å². The molecule has 2 N–H and O–H groups in total. The van der Waals surface area contributed by atoms with E-state index in [1.54, 1.807) is 0 Å². The van der Waals surface area contributed by atoms with Gasteiger partial charge in [-0.3, -0.25) is 4.79 Å². The molecule has 24 heavy (non-hydrogen) atoms. The number of carbonyl (C=O) groups is 1. The minimum atomic E-state index is 0.0161. The van der Waals surface area contributed by atoms with E-state index in [2.05, 4.69) is 52.0 Å². The Morgan fingerprint density at radius 2 is 2.00 bits per heavy atom. The van der Waals surface area contributed by atoms with Crippen LogP contribution in [-0.2, 0) is 11.2 Å². The van der Waals surface area contributed by atoms with E-state index in [4.69, 9.17) is 0 Å². The van der Waals surface area contributed by atoms with Crippen LogP contribution < -0.4 is 10.6 Å². The van der Waals surface area contributed by atoms with Crippen molar-refractivity contribution in [3.63, 3.8) is 0 Å². The minimum Gasteiger partial charge on any atom is -0.353 e. The van der Waals surface area contributed by atoms with Crippen LogP contribution in [0.2, 0.25) is 0 Å². The summed E-state index contributed by atoms with van der Waals surface area (Å²) < 4.78 is 0.788. The summed E-state index contributed by atoms with van der Waals surface area (Å²) in [5.74, 6) is 0.376. The van der Waals surface area contributed by atoms with Crippen molar-refractivity contribution in [1.29, 1.82) is 0 Å². The third kappa shape index (κ3) is 6.49. The molecule has 130 valence electrons. The van der Waals surface area contributed by atoms with Crippen LogP contribution in [-0.4, -0.2) is 27.9 Å². The fourth-order valence-electron chi connectivity index (χ4n) is 2.07. The summed E-state index contributed by atoms with van der Waals surface area (Å²) in [5, 5.41) is 15.1. The maximum absolute atomic E-state index is 11.6. The Bertz CT molecular complexity index is 640. The predicted molar refractivity (Wildman–Crippen MR) is 102 cm³/mol. The molecule has 0 radical (unpaired) electrons. The second-order valence-electron chi connectivity index (χ2n) is 5.81. The van der Waals surface area contributed by atoms with Gasteiger partial charge >= 0.3 is 0 Å². The molecular weight excluding hydrogens is 340 g/mol. The van der Waals surface area contributed by atoms with Crippen molar-refractivity contribution in [3.8, 4) is 0 Å². The topological polar surface area (TPSA) is 66.9 Å². The zero-order chi connectivity index (χ0) is 17.4. The molecule has 0 aliphatic carbocycles. The largest absolute Gasteiger partial charge is 0.353 e. The van der Waals surface area contributed by atoms with Gasteiger partial charge in [0.25, 0.3) is 0 Å². The lowest BCUT2D eigenvalue weighted by atomic mass is 10.1. The number of aryl methyl sites for hydroxylation is 1. The Balaban J connectivity index is 1.83. The van der Waals surface area contributed by atoms with Crippen molar-refractivity contribution in [2.75, 3.05) is 11.1 Å². The van der Waals surface area contributed by atoms with Crippen LogP contribution in [0.1, 0.15) is 39.2 Å². The van der Waals surface area contributed by atoms with E-state index in [0.29, 0.717) is 5.75 Å². The van der Waals surface area contributed by atoms with Crippen molar-refractivity contribution in [1.82, 2.24) is 15.5 Å². The molecule has 0 saturated heterocycles. The SMILES string of the molecule is CCCCc1ccc(Nc2nnc(SCC(=O)NC(C)C)s2)cc1. The fraction of sp³-hybridized carbons (Fsp3) is 0.471. The molecule has 0 aliphatic heterocycles. The van der Waals surface area contributed by atoms with E-state index < -0.39 is 0 Å². The first-order chi connectivity index (χ1) is 11.6. The maximum Gasteiger partial charge on any atom is 0.230 e.